The van der Waals surface area contributed by atoms with Gasteiger partial charge >= 0.3 is 0 Å². The van der Waals surface area contributed by atoms with Crippen LogP contribution in [0.4, 0.5) is 10.1 Å². The highest BCUT2D eigenvalue weighted by Crippen LogP contribution is 2.36. The van der Waals surface area contributed by atoms with E-state index in [0.717, 1.165) is 38.3 Å². The molecule has 3 aromatic rings. The number of hydrogen-bond acceptors (Lipinski definition) is 6. The Morgan fingerprint density at radius 2 is 1.57 bits per heavy atom. The molecular weight excluding hydrogens is 559 g/mol. The van der Waals surface area contributed by atoms with E-state index in [2.05, 4.69) is 27.3 Å². The summed E-state index contributed by atoms with van der Waals surface area (Å²) in [6.07, 6.45) is 4.70. The van der Waals surface area contributed by atoms with E-state index in [1.807, 2.05) is 37.3 Å². The second-order valence-electron chi connectivity index (χ2n) is 11.7. The number of halogens is 1. The number of carbonyl (C=O) groups is 2. The fourth-order valence-electron chi connectivity index (χ4n) is 5.83. The summed E-state index contributed by atoms with van der Waals surface area (Å²) in [5, 5.41) is 3.04. The number of carbonyl (C=O) groups excluding carboxylic acids is 2. The minimum Gasteiger partial charge on any atom is -0.457 e. The Balaban J connectivity index is 1.26. The Kier molecular flexibility index (Phi) is 10.4. The maximum atomic E-state index is 13.9. The van der Waals surface area contributed by atoms with Crippen LogP contribution in [0.2, 0.25) is 0 Å². The van der Waals surface area contributed by atoms with Crippen LogP contribution >= 0.6 is 0 Å². The molecule has 0 aromatic heterocycles. The zero-order valence-corrected chi connectivity index (χ0v) is 25.5. The maximum Gasteiger partial charge on any atom is 0.250 e. The highest BCUT2D eigenvalue weighted by atomic mass is 19.1. The zero-order valence-electron chi connectivity index (χ0n) is 25.5. The van der Waals surface area contributed by atoms with Crippen molar-refractivity contribution in [1.82, 2.24) is 14.7 Å². The van der Waals surface area contributed by atoms with Crippen LogP contribution in [-0.4, -0.2) is 91.6 Å². The Labute approximate surface area is 259 Å². The number of amides is 2. The number of nitrogens with zero attached hydrogens (tertiary/aromatic N) is 3. The first kappa shape index (κ1) is 31.4. The second kappa shape index (κ2) is 14.6. The normalized spacial score (nSPS) is 21.1. The quantitative estimate of drug-likeness (QED) is 0.329. The summed E-state index contributed by atoms with van der Waals surface area (Å²) in [4.78, 5) is 34.0. The van der Waals surface area contributed by atoms with Gasteiger partial charge in [0.25, 0.3) is 0 Å². The number of anilines is 1. The molecular formula is C35H41FN4O4. The summed E-state index contributed by atoms with van der Waals surface area (Å²) >= 11 is 0. The van der Waals surface area contributed by atoms with E-state index in [0.29, 0.717) is 36.8 Å². The van der Waals surface area contributed by atoms with Crippen LogP contribution in [0.3, 0.4) is 0 Å². The number of piperazine rings is 1. The van der Waals surface area contributed by atoms with E-state index >= 15 is 0 Å². The Morgan fingerprint density at radius 3 is 2.23 bits per heavy atom. The predicted molar refractivity (Wildman–Crippen MR) is 170 cm³/mol. The standard InChI is InChI=1S/C35H41FN4O4/c1-35(34(42)37-30-12-16-32(17-13-30)44-31-14-10-29(36)11-15-31)24-28(9-8-27-6-4-3-5-7-27)25-40(35)33(41)26-39-20-18-38(19-21-39)22-23-43-2/h3-17,28H,18-26H2,1-2H3,(H,37,42)/b9-8+. The summed E-state index contributed by atoms with van der Waals surface area (Å²) in [5.74, 6) is 0.521. The predicted octanol–water partition coefficient (Wildman–Crippen LogP) is 5.14. The smallest absolute Gasteiger partial charge is 0.250 e. The molecule has 0 bridgehead atoms. The molecule has 2 heterocycles. The van der Waals surface area contributed by atoms with Crippen LogP contribution in [0.15, 0.2) is 84.9 Å². The highest BCUT2D eigenvalue weighted by Gasteiger charge is 2.49. The van der Waals surface area contributed by atoms with Crippen molar-refractivity contribution in [3.63, 3.8) is 0 Å². The topological polar surface area (TPSA) is 74.4 Å². The van der Waals surface area contributed by atoms with E-state index < -0.39 is 5.54 Å². The van der Waals surface area contributed by atoms with Crippen LogP contribution in [0.25, 0.3) is 6.08 Å². The summed E-state index contributed by atoms with van der Waals surface area (Å²) < 4.78 is 24.2. The van der Waals surface area contributed by atoms with Gasteiger partial charge in [0.1, 0.15) is 22.9 Å². The monoisotopic (exact) mass is 600 g/mol. The Bertz CT molecular complexity index is 1410. The molecule has 232 valence electrons. The molecule has 8 nitrogen and oxygen atoms in total. The molecule has 1 N–H and O–H groups in total. The molecule has 2 fully saturated rings. The minimum absolute atomic E-state index is 0.0345. The summed E-state index contributed by atoms with van der Waals surface area (Å²) in [6.45, 7) is 7.59. The molecule has 0 radical (unpaired) electrons. The molecule has 3 aromatic carbocycles. The molecule has 2 amide bonds. The summed E-state index contributed by atoms with van der Waals surface area (Å²) in [5.41, 5.74) is 0.662. The minimum atomic E-state index is -1.02. The highest BCUT2D eigenvalue weighted by molar-refractivity contribution is 6.01. The largest absolute Gasteiger partial charge is 0.457 e. The Morgan fingerprint density at radius 1 is 0.932 bits per heavy atom. The lowest BCUT2D eigenvalue weighted by Crippen LogP contribution is -2.57. The summed E-state index contributed by atoms with van der Waals surface area (Å²) in [6, 6.07) is 22.8. The van der Waals surface area contributed by atoms with Gasteiger partial charge in [-0.25, -0.2) is 4.39 Å². The third-order valence-corrected chi connectivity index (χ3v) is 8.42. The van der Waals surface area contributed by atoms with Gasteiger partial charge in [0.15, 0.2) is 0 Å². The third kappa shape index (κ3) is 8.11. The molecule has 2 unspecified atom stereocenters. The van der Waals surface area contributed by atoms with E-state index in [1.165, 1.54) is 12.1 Å². The van der Waals surface area contributed by atoms with Gasteiger partial charge in [0.2, 0.25) is 11.8 Å². The Hall–Kier alpha value is -4.05. The zero-order chi connectivity index (χ0) is 30.9. The van der Waals surface area contributed by atoms with Gasteiger partial charge in [-0.1, -0.05) is 42.5 Å². The number of nitrogens with one attached hydrogen (secondary N) is 1. The SMILES string of the molecule is COCCN1CCN(CC(=O)N2CC(/C=C/c3ccccc3)CC2(C)C(=O)Nc2ccc(Oc3ccc(F)cc3)cc2)CC1. The van der Waals surface area contributed by atoms with Crippen molar-refractivity contribution in [1.29, 1.82) is 0 Å². The number of ether oxygens (including phenoxy) is 2. The van der Waals surface area contributed by atoms with Crippen LogP contribution in [0.5, 0.6) is 11.5 Å². The van der Waals surface area contributed by atoms with Gasteiger partial charge in [-0.2, -0.15) is 0 Å². The number of methoxy groups -OCH3 is 1. The van der Waals surface area contributed by atoms with Crippen LogP contribution in [0, 0.1) is 11.7 Å². The first-order chi connectivity index (χ1) is 21.3. The lowest BCUT2D eigenvalue weighted by molar-refractivity contribution is -0.142. The number of benzene rings is 3. The molecule has 0 aliphatic carbocycles. The molecule has 0 saturated carbocycles. The van der Waals surface area contributed by atoms with Crippen molar-refractivity contribution in [3.05, 3.63) is 96.3 Å². The van der Waals surface area contributed by atoms with Crippen molar-refractivity contribution < 1.29 is 23.5 Å². The van der Waals surface area contributed by atoms with Gasteiger partial charge in [-0.3, -0.25) is 19.4 Å². The molecule has 2 aliphatic rings. The fraction of sp³-hybridized carbons (Fsp3) is 0.371. The van der Waals surface area contributed by atoms with Gasteiger partial charge < -0.3 is 19.7 Å². The maximum absolute atomic E-state index is 13.9. The van der Waals surface area contributed by atoms with Crippen molar-refractivity contribution in [2.75, 3.05) is 64.8 Å². The third-order valence-electron chi connectivity index (χ3n) is 8.42. The van der Waals surface area contributed by atoms with Crippen LogP contribution in [0.1, 0.15) is 18.9 Å². The van der Waals surface area contributed by atoms with Gasteiger partial charge in [-0.05, 0) is 73.4 Å². The molecule has 44 heavy (non-hydrogen) atoms. The van der Waals surface area contributed by atoms with Gasteiger partial charge in [0.05, 0.1) is 13.2 Å². The molecule has 5 rings (SSSR count). The van der Waals surface area contributed by atoms with Crippen LogP contribution in [-0.2, 0) is 14.3 Å². The molecule has 2 saturated heterocycles. The average Bonchev–Trinajstić information content (AvgIpc) is 3.40. The summed E-state index contributed by atoms with van der Waals surface area (Å²) in [7, 11) is 1.71. The number of hydrogen-bond donors (Lipinski definition) is 1. The van der Waals surface area contributed by atoms with Crippen LogP contribution < -0.4 is 10.1 Å². The van der Waals surface area contributed by atoms with Gasteiger partial charge in [0, 0.05) is 52.1 Å². The lowest BCUT2D eigenvalue weighted by atomic mass is 9.92. The van der Waals surface area contributed by atoms with E-state index in [-0.39, 0.29) is 30.1 Å². The fourth-order valence-corrected chi connectivity index (χ4v) is 5.83. The van der Waals surface area contributed by atoms with Crippen molar-refractivity contribution >= 4 is 23.6 Å². The van der Waals surface area contributed by atoms with Gasteiger partial charge in [-0.15, -0.1) is 0 Å². The van der Waals surface area contributed by atoms with Crippen molar-refractivity contribution in [3.8, 4) is 11.5 Å². The lowest BCUT2D eigenvalue weighted by Gasteiger charge is -2.38. The van der Waals surface area contributed by atoms with E-state index in [1.54, 1.807) is 48.4 Å². The van der Waals surface area contributed by atoms with E-state index in [9.17, 15) is 14.0 Å². The molecule has 2 aliphatic heterocycles. The number of likely N-dealkylation sites (tertiary alicyclic amines) is 1. The van der Waals surface area contributed by atoms with E-state index in [4.69, 9.17) is 9.47 Å². The van der Waals surface area contributed by atoms with Crippen molar-refractivity contribution in [2.24, 2.45) is 5.92 Å². The average molecular weight is 601 g/mol. The first-order valence-corrected chi connectivity index (χ1v) is 15.1. The molecule has 9 heteroatoms. The van der Waals surface area contributed by atoms with Crippen molar-refractivity contribution in [2.45, 2.75) is 18.9 Å². The molecule has 0 spiro atoms. The number of rotatable bonds is 11. The first-order valence-electron chi connectivity index (χ1n) is 15.1. The second-order valence-corrected chi connectivity index (χ2v) is 11.7. The molecule has 2 atom stereocenters.